The molecule has 27 heavy (non-hydrogen) atoms. The SMILES string of the molecule is COc1cccc(/C(O)=C2\C(=O)C(=O)NC2c2ccc(OC)c(OC)c2)c1. The van der Waals surface area contributed by atoms with Crippen molar-refractivity contribution >= 4 is 17.4 Å². The molecule has 1 heterocycles. The van der Waals surface area contributed by atoms with E-state index in [9.17, 15) is 14.7 Å². The zero-order chi connectivity index (χ0) is 19.6. The van der Waals surface area contributed by atoms with Gasteiger partial charge in [-0.3, -0.25) is 9.59 Å². The smallest absolute Gasteiger partial charge is 0.293 e. The molecule has 0 aliphatic carbocycles. The standard InChI is InChI=1S/C20H19NO6/c1-25-13-6-4-5-12(9-13)18(22)16-17(21-20(24)19(16)23)11-7-8-14(26-2)15(10-11)27-3/h4-10,17,22H,1-3H3,(H,21,24)/b18-16+. The Hall–Kier alpha value is -3.48. The van der Waals surface area contributed by atoms with E-state index in [1.807, 2.05) is 0 Å². The molecule has 140 valence electrons. The molecule has 0 bridgehead atoms. The largest absolute Gasteiger partial charge is 0.507 e. The summed E-state index contributed by atoms with van der Waals surface area (Å²) in [6.07, 6.45) is 0. The summed E-state index contributed by atoms with van der Waals surface area (Å²) in [5.41, 5.74) is 0.927. The minimum absolute atomic E-state index is 0.0273. The van der Waals surface area contributed by atoms with Gasteiger partial charge in [-0.25, -0.2) is 0 Å². The Labute approximate surface area is 156 Å². The lowest BCUT2D eigenvalue weighted by atomic mass is 9.95. The van der Waals surface area contributed by atoms with E-state index < -0.39 is 17.7 Å². The number of hydrogen-bond donors (Lipinski definition) is 2. The molecule has 2 N–H and O–H groups in total. The first kappa shape index (κ1) is 18.3. The van der Waals surface area contributed by atoms with Crippen molar-refractivity contribution in [2.45, 2.75) is 6.04 Å². The number of Topliss-reactive ketones (excluding diaryl/α,β-unsaturated/α-hetero) is 1. The number of rotatable bonds is 5. The maximum atomic E-state index is 12.4. The lowest BCUT2D eigenvalue weighted by molar-refractivity contribution is -0.133. The summed E-state index contributed by atoms with van der Waals surface area (Å²) >= 11 is 0. The van der Waals surface area contributed by atoms with E-state index in [0.29, 0.717) is 28.4 Å². The van der Waals surface area contributed by atoms with Crippen molar-refractivity contribution < 1.29 is 28.9 Å². The number of ether oxygens (including phenoxy) is 3. The Kier molecular flexibility index (Phi) is 5.03. The predicted octanol–water partition coefficient (Wildman–Crippen LogP) is 2.42. The number of amides is 1. The Bertz CT molecular complexity index is 934. The molecule has 1 aliphatic heterocycles. The van der Waals surface area contributed by atoms with E-state index in [-0.39, 0.29) is 11.3 Å². The molecule has 1 fully saturated rings. The summed E-state index contributed by atoms with van der Waals surface area (Å²) in [5, 5.41) is 13.3. The quantitative estimate of drug-likeness (QED) is 0.478. The fourth-order valence-electron chi connectivity index (χ4n) is 2.97. The van der Waals surface area contributed by atoms with Gasteiger partial charge in [0.2, 0.25) is 0 Å². The van der Waals surface area contributed by atoms with E-state index in [1.54, 1.807) is 42.5 Å². The average Bonchev–Trinajstić information content (AvgIpc) is 3.01. The Morgan fingerprint density at radius 3 is 2.37 bits per heavy atom. The Balaban J connectivity index is 2.12. The topological polar surface area (TPSA) is 94.1 Å². The van der Waals surface area contributed by atoms with Gasteiger partial charge in [-0.2, -0.15) is 0 Å². The third-order valence-electron chi connectivity index (χ3n) is 4.35. The van der Waals surface area contributed by atoms with Gasteiger partial charge in [0.15, 0.2) is 11.5 Å². The van der Waals surface area contributed by atoms with Gasteiger partial charge >= 0.3 is 0 Å². The van der Waals surface area contributed by atoms with Crippen LogP contribution in [0.15, 0.2) is 48.0 Å². The van der Waals surface area contributed by atoms with Crippen LogP contribution in [0.4, 0.5) is 0 Å². The van der Waals surface area contributed by atoms with E-state index in [0.717, 1.165) is 0 Å². The van der Waals surface area contributed by atoms with Gasteiger partial charge in [0.1, 0.15) is 11.5 Å². The van der Waals surface area contributed by atoms with Crippen LogP contribution in [0.5, 0.6) is 17.2 Å². The molecule has 0 radical (unpaired) electrons. The van der Waals surface area contributed by atoms with Crippen LogP contribution in [0, 0.1) is 0 Å². The lowest BCUT2D eigenvalue weighted by Gasteiger charge is -2.16. The number of methoxy groups -OCH3 is 3. The van der Waals surface area contributed by atoms with Crippen LogP contribution in [-0.4, -0.2) is 38.1 Å². The van der Waals surface area contributed by atoms with Crippen LogP contribution in [0.3, 0.4) is 0 Å². The number of aliphatic hydroxyl groups excluding tert-OH is 1. The van der Waals surface area contributed by atoms with Crippen LogP contribution in [0.2, 0.25) is 0 Å². The van der Waals surface area contributed by atoms with E-state index in [1.165, 1.54) is 21.3 Å². The van der Waals surface area contributed by atoms with E-state index in [2.05, 4.69) is 5.32 Å². The number of hydrogen-bond acceptors (Lipinski definition) is 6. The number of carbonyl (C=O) groups is 2. The number of aliphatic hydroxyl groups is 1. The maximum Gasteiger partial charge on any atom is 0.293 e. The van der Waals surface area contributed by atoms with Gasteiger partial charge in [-0.15, -0.1) is 0 Å². The summed E-state index contributed by atoms with van der Waals surface area (Å²) < 4.78 is 15.6. The molecule has 0 saturated carbocycles. The number of benzene rings is 2. The number of carbonyl (C=O) groups excluding carboxylic acids is 2. The minimum Gasteiger partial charge on any atom is -0.507 e. The third-order valence-corrected chi connectivity index (χ3v) is 4.35. The number of ketones is 1. The molecule has 7 heteroatoms. The molecule has 1 unspecified atom stereocenters. The molecular weight excluding hydrogens is 350 g/mol. The third kappa shape index (κ3) is 3.31. The summed E-state index contributed by atoms with van der Waals surface area (Å²) in [4.78, 5) is 24.4. The van der Waals surface area contributed by atoms with Crippen LogP contribution >= 0.6 is 0 Å². The van der Waals surface area contributed by atoms with Crippen molar-refractivity contribution in [3.8, 4) is 17.2 Å². The second-order valence-electron chi connectivity index (χ2n) is 5.84. The van der Waals surface area contributed by atoms with Gasteiger partial charge in [-0.1, -0.05) is 18.2 Å². The summed E-state index contributed by atoms with van der Waals surface area (Å²) in [5.74, 6) is -0.360. The van der Waals surface area contributed by atoms with Crippen molar-refractivity contribution in [2.75, 3.05) is 21.3 Å². The van der Waals surface area contributed by atoms with E-state index in [4.69, 9.17) is 14.2 Å². The normalized spacial score (nSPS) is 18.1. The van der Waals surface area contributed by atoms with Crippen molar-refractivity contribution in [3.63, 3.8) is 0 Å². The van der Waals surface area contributed by atoms with Crippen molar-refractivity contribution in [1.29, 1.82) is 0 Å². The molecule has 1 saturated heterocycles. The van der Waals surface area contributed by atoms with Crippen LogP contribution in [0.1, 0.15) is 17.2 Å². The fourth-order valence-corrected chi connectivity index (χ4v) is 2.97. The molecular formula is C20H19NO6. The Morgan fingerprint density at radius 2 is 1.70 bits per heavy atom. The highest BCUT2D eigenvalue weighted by Gasteiger charge is 2.39. The van der Waals surface area contributed by atoms with Crippen molar-refractivity contribution in [1.82, 2.24) is 5.32 Å². The molecule has 0 spiro atoms. The zero-order valence-corrected chi connectivity index (χ0v) is 15.1. The van der Waals surface area contributed by atoms with Crippen molar-refractivity contribution in [3.05, 3.63) is 59.2 Å². The number of nitrogens with one attached hydrogen (secondary N) is 1. The molecule has 7 nitrogen and oxygen atoms in total. The molecule has 3 rings (SSSR count). The average molecular weight is 369 g/mol. The minimum atomic E-state index is -0.809. The predicted molar refractivity (Wildman–Crippen MR) is 98.0 cm³/mol. The van der Waals surface area contributed by atoms with Gasteiger partial charge < -0.3 is 24.6 Å². The second-order valence-corrected chi connectivity index (χ2v) is 5.84. The highest BCUT2D eigenvalue weighted by Crippen LogP contribution is 2.37. The van der Waals surface area contributed by atoms with Gasteiger partial charge in [-0.05, 0) is 29.8 Å². The lowest BCUT2D eigenvalue weighted by Crippen LogP contribution is -2.21. The second kappa shape index (κ2) is 7.41. The first-order valence-corrected chi connectivity index (χ1v) is 8.14. The Morgan fingerprint density at radius 1 is 0.963 bits per heavy atom. The maximum absolute atomic E-state index is 12.4. The fraction of sp³-hybridized carbons (Fsp3) is 0.200. The first-order chi connectivity index (χ1) is 13.0. The molecule has 1 amide bonds. The highest BCUT2D eigenvalue weighted by molar-refractivity contribution is 6.46. The van der Waals surface area contributed by atoms with Crippen molar-refractivity contribution in [2.24, 2.45) is 0 Å². The van der Waals surface area contributed by atoms with Crippen LogP contribution in [-0.2, 0) is 9.59 Å². The van der Waals surface area contributed by atoms with Crippen LogP contribution in [0.25, 0.3) is 5.76 Å². The van der Waals surface area contributed by atoms with Crippen LogP contribution < -0.4 is 19.5 Å². The molecule has 0 aromatic heterocycles. The zero-order valence-electron chi connectivity index (χ0n) is 15.1. The summed E-state index contributed by atoms with van der Waals surface area (Å²) in [7, 11) is 4.50. The molecule has 1 atom stereocenters. The summed E-state index contributed by atoms with van der Waals surface area (Å²) in [6.45, 7) is 0. The molecule has 1 aliphatic rings. The van der Waals surface area contributed by atoms with Gasteiger partial charge in [0.25, 0.3) is 11.7 Å². The molecule has 2 aromatic carbocycles. The summed E-state index contributed by atoms with van der Waals surface area (Å²) in [6, 6.07) is 10.8. The van der Waals surface area contributed by atoms with E-state index >= 15 is 0 Å². The van der Waals surface area contributed by atoms with Gasteiger partial charge in [0, 0.05) is 5.56 Å². The van der Waals surface area contributed by atoms with Gasteiger partial charge in [0.05, 0.1) is 32.9 Å². The monoisotopic (exact) mass is 369 g/mol. The highest BCUT2D eigenvalue weighted by atomic mass is 16.5. The molecule has 2 aromatic rings. The first-order valence-electron chi connectivity index (χ1n) is 8.14.